The fourth-order valence-corrected chi connectivity index (χ4v) is 2.14. The van der Waals surface area contributed by atoms with Gasteiger partial charge in [0.1, 0.15) is 0 Å². The Labute approximate surface area is 137 Å². The summed E-state index contributed by atoms with van der Waals surface area (Å²) in [6.45, 7) is 6.54. The van der Waals surface area contributed by atoms with E-state index in [0.717, 1.165) is 5.56 Å². The van der Waals surface area contributed by atoms with E-state index in [2.05, 4.69) is 44.7 Å². The lowest BCUT2D eigenvalue weighted by Gasteiger charge is -2.18. The lowest BCUT2D eigenvalue weighted by Crippen LogP contribution is -2.10. The van der Waals surface area contributed by atoms with Crippen LogP contribution in [0.15, 0.2) is 48.5 Å². The summed E-state index contributed by atoms with van der Waals surface area (Å²) in [5.74, 6) is 5.99. The van der Waals surface area contributed by atoms with Crippen LogP contribution < -0.4 is 0 Å². The Morgan fingerprint density at radius 1 is 1.00 bits per heavy atom. The van der Waals surface area contributed by atoms with Crippen LogP contribution in [-0.2, 0) is 5.41 Å². The normalized spacial score (nSPS) is 10.7. The molecule has 2 aromatic rings. The summed E-state index contributed by atoms with van der Waals surface area (Å²) in [6.07, 6.45) is 0.211. The molecule has 0 aliphatic heterocycles. The number of hydrogen-bond donors (Lipinski definition) is 0. The highest BCUT2D eigenvalue weighted by atomic mass is 35.5. The molecule has 2 rings (SSSR count). The van der Waals surface area contributed by atoms with E-state index in [0.29, 0.717) is 10.6 Å². The van der Waals surface area contributed by atoms with E-state index in [9.17, 15) is 4.79 Å². The first kappa shape index (κ1) is 16.3. The maximum atomic E-state index is 12.0. The van der Waals surface area contributed by atoms with Gasteiger partial charge in [0.25, 0.3) is 0 Å². The predicted octanol–water partition coefficient (Wildman–Crippen LogP) is 5.26. The number of halogens is 1. The first-order chi connectivity index (χ1) is 10.4. The zero-order valence-corrected chi connectivity index (χ0v) is 13.9. The van der Waals surface area contributed by atoms with Gasteiger partial charge in [-0.05, 0) is 47.4 Å². The van der Waals surface area contributed by atoms with Crippen LogP contribution in [0.25, 0.3) is 0 Å². The first-order valence-electron chi connectivity index (χ1n) is 7.24. The molecule has 0 atom stereocenters. The minimum atomic E-state index is 0.00970. The van der Waals surface area contributed by atoms with Crippen LogP contribution in [0, 0.1) is 11.8 Å². The van der Waals surface area contributed by atoms with Crippen molar-refractivity contribution in [3.63, 3.8) is 0 Å². The molecule has 0 radical (unpaired) electrons. The van der Waals surface area contributed by atoms with Crippen molar-refractivity contribution in [1.29, 1.82) is 0 Å². The Morgan fingerprint density at radius 3 is 2.14 bits per heavy atom. The average Bonchev–Trinajstić information content (AvgIpc) is 2.47. The van der Waals surface area contributed by atoms with Crippen molar-refractivity contribution >= 4 is 17.4 Å². The van der Waals surface area contributed by atoms with Gasteiger partial charge in [-0.1, -0.05) is 56.3 Å². The number of benzene rings is 2. The predicted molar refractivity (Wildman–Crippen MR) is 92.4 cm³/mol. The molecule has 0 saturated carbocycles. The molecule has 0 spiro atoms. The zero-order chi connectivity index (χ0) is 16.2. The van der Waals surface area contributed by atoms with Gasteiger partial charge in [0.2, 0.25) is 0 Å². The maximum Gasteiger partial charge on any atom is 0.174 e. The Kier molecular flexibility index (Phi) is 5.06. The van der Waals surface area contributed by atoms with E-state index in [1.807, 2.05) is 12.1 Å². The molecule has 0 aromatic heterocycles. The molecule has 1 nitrogen and oxygen atoms in total. The smallest absolute Gasteiger partial charge is 0.174 e. The van der Waals surface area contributed by atoms with Gasteiger partial charge in [0, 0.05) is 16.1 Å². The van der Waals surface area contributed by atoms with Crippen LogP contribution in [0.1, 0.15) is 48.7 Å². The molecule has 0 amide bonds. The molecule has 0 aliphatic rings. The SMILES string of the molecule is CC(C)(C)c1ccc(C#CCC(=O)c2ccc(Cl)cc2)cc1. The van der Waals surface area contributed by atoms with Crippen LogP contribution in [0.5, 0.6) is 0 Å². The molecule has 0 unspecified atom stereocenters. The Hall–Kier alpha value is -2.04. The van der Waals surface area contributed by atoms with Gasteiger partial charge in [-0.3, -0.25) is 4.79 Å². The molecule has 0 fully saturated rings. The summed E-state index contributed by atoms with van der Waals surface area (Å²) in [5.41, 5.74) is 2.98. The Morgan fingerprint density at radius 2 is 1.59 bits per heavy atom. The minimum Gasteiger partial charge on any atom is -0.293 e. The molecule has 2 heteroatoms. The number of carbonyl (C=O) groups excluding carboxylic acids is 1. The number of rotatable bonds is 2. The summed E-state index contributed by atoms with van der Waals surface area (Å²) in [6, 6.07) is 15.1. The van der Waals surface area contributed by atoms with Gasteiger partial charge in [-0.15, -0.1) is 0 Å². The van der Waals surface area contributed by atoms with Crippen LogP contribution in [0.2, 0.25) is 5.02 Å². The first-order valence-corrected chi connectivity index (χ1v) is 7.62. The quantitative estimate of drug-likeness (QED) is 0.546. The average molecular weight is 311 g/mol. The fraction of sp³-hybridized carbons (Fsp3) is 0.250. The number of carbonyl (C=O) groups is 1. The zero-order valence-electron chi connectivity index (χ0n) is 13.1. The van der Waals surface area contributed by atoms with Crippen molar-refractivity contribution < 1.29 is 4.79 Å². The van der Waals surface area contributed by atoms with E-state index < -0.39 is 0 Å². The number of hydrogen-bond acceptors (Lipinski definition) is 1. The van der Waals surface area contributed by atoms with Crippen molar-refractivity contribution in [3.05, 3.63) is 70.2 Å². The van der Waals surface area contributed by atoms with Gasteiger partial charge in [0.15, 0.2) is 5.78 Å². The second-order valence-corrected chi connectivity index (χ2v) is 6.67. The third-order valence-corrected chi connectivity index (χ3v) is 3.65. The van der Waals surface area contributed by atoms with E-state index in [4.69, 9.17) is 11.6 Å². The summed E-state index contributed by atoms with van der Waals surface area (Å²) in [7, 11) is 0. The molecular weight excluding hydrogens is 292 g/mol. The molecule has 0 N–H and O–H groups in total. The van der Waals surface area contributed by atoms with E-state index in [-0.39, 0.29) is 17.6 Å². The van der Waals surface area contributed by atoms with Gasteiger partial charge in [-0.2, -0.15) is 0 Å². The van der Waals surface area contributed by atoms with Gasteiger partial charge in [-0.25, -0.2) is 0 Å². The molecule has 0 heterocycles. The third kappa shape index (κ3) is 4.48. The van der Waals surface area contributed by atoms with Gasteiger partial charge in [0.05, 0.1) is 6.42 Å². The molecular formula is C20H19ClO. The highest BCUT2D eigenvalue weighted by Crippen LogP contribution is 2.21. The lowest BCUT2D eigenvalue weighted by molar-refractivity contribution is 0.0998. The Balaban J connectivity index is 2.02. The molecule has 112 valence electrons. The number of ketones is 1. The summed E-state index contributed by atoms with van der Waals surface area (Å²) in [5, 5.41) is 0.626. The van der Waals surface area contributed by atoms with E-state index in [1.54, 1.807) is 24.3 Å². The highest BCUT2D eigenvalue weighted by molar-refractivity contribution is 6.30. The number of Topliss-reactive ketones (excluding diaryl/α,β-unsaturated/α-hetero) is 1. The topological polar surface area (TPSA) is 17.1 Å². The largest absolute Gasteiger partial charge is 0.293 e. The van der Waals surface area contributed by atoms with Crippen LogP contribution >= 0.6 is 11.6 Å². The third-order valence-electron chi connectivity index (χ3n) is 3.40. The van der Waals surface area contributed by atoms with Crippen molar-refractivity contribution in [2.75, 3.05) is 0 Å². The van der Waals surface area contributed by atoms with Crippen molar-refractivity contribution in [2.24, 2.45) is 0 Å². The van der Waals surface area contributed by atoms with E-state index >= 15 is 0 Å². The Bertz CT molecular complexity index is 708. The standard InChI is InChI=1S/C20H19ClO/c1-20(2,3)17-11-7-15(8-12-17)5-4-6-19(22)16-9-13-18(21)14-10-16/h7-14H,6H2,1-3H3. The fourth-order valence-electron chi connectivity index (χ4n) is 2.02. The summed E-state index contributed by atoms with van der Waals surface area (Å²) >= 11 is 5.81. The van der Waals surface area contributed by atoms with Crippen molar-refractivity contribution in [3.8, 4) is 11.8 Å². The van der Waals surface area contributed by atoms with Crippen LogP contribution in [0.4, 0.5) is 0 Å². The highest BCUT2D eigenvalue weighted by Gasteiger charge is 2.12. The summed E-state index contributed by atoms with van der Waals surface area (Å²) in [4.78, 5) is 12.0. The van der Waals surface area contributed by atoms with Crippen molar-refractivity contribution in [2.45, 2.75) is 32.6 Å². The van der Waals surface area contributed by atoms with E-state index in [1.165, 1.54) is 5.56 Å². The maximum absolute atomic E-state index is 12.0. The lowest BCUT2D eigenvalue weighted by atomic mass is 9.87. The molecule has 2 aromatic carbocycles. The molecule has 0 aliphatic carbocycles. The molecule has 0 saturated heterocycles. The second-order valence-electron chi connectivity index (χ2n) is 6.24. The van der Waals surface area contributed by atoms with Gasteiger partial charge >= 0.3 is 0 Å². The molecule has 22 heavy (non-hydrogen) atoms. The van der Waals surface area contributed by atoms with Gasteiger partial charge < -0.3 is 0 Å². The van der Waals surface area contributed by atoms with Crippen LogP contribution in [0.3, 0.4) is 0 Å². The van der Waals surface area contributed by atoms with Crippen LogP contribution in [-0.4, -0.2) is 5.78 Å². The monoisotopic (exact) mass is 310 g/mol. The summed E-state index contributed by atoms with van der Waals surface area (Å²) < 4.78 is 0. The molecule has 0 bridgehead atoms. The minimum absolute atomic E-state index is 0.00970. The second kappa shape index (κ2) is 6.81. The van der Waals surface area contributed by atoms with Crippen molar-refractivity contribution in [1.82, 2.24) is 0 Å².